The van der Waals surface area contributed by atoms with E-state index in [1.807, 2.05) is 24.3 Å². The highest BCUT2D eigenvalue weighted by Gasteiger charge is 2.16. The maximum Gasteiger partial charge on any atom is 0.305 e. The molecule has 0 aromatic heterocycles. The number of carbonyl (C=O) groups excluding carboxylic acids is 1. The van der Waals surface area contributed by atoms with Gasteiger partial charge < -0.3 is 20.9 Å². The number of amides is 1. The fraction of sp³-hybridized carbons (Fsp3) is 0.385. The van der Waals surface area contributed by atoms with Gasteiger partial charge in [-0.25, -0.2) is 0 Å². The van der Waals surface area contributed by atoms with E-state index in [-0.39, 0.29) is 6.42 Å². The molecule has 0 saturated heterocycles. The Balaban J connectivity index is 2.32. The summed E-state index contributed by atoms with van der Waals surface area (Å²) in [5.74, 6) is -0.759. The van der Waals surface area contributed by atoms with Crippen molar-refractivity contribution < 1.29 is 19.4 Å². The molecule has 0 saturated carbocycles. The molecule has 0 bridgehead atoms. The number of rotatable bonds is 7. The van der Waals surface area contributed by atoms with Crippen LogP contribution in [0.1, 0.15) is 12.0 Å². The zero-order chi connectivity index (χ0) is 14.3. The van der Waals surface area contributed by atoms with Gasteiger partial charge in [-0.1, -0.05) is 12.1 Å². The molecule has 1 amide bonds. The lowest BCUT2D eigenvalue weighted by molar-refractivity contribution is -0.139. The molecule has 0 spiro atoms. The summed E-state index contributed by atoms with van der Waals surface area (Å²) in [6.45, 7) is 0.415. The number of methoxy groups -OCH3 is 1. The fourth-order valence-corrected chi connectivity index (χ4v) is 1.53. The van der Waals surface area contributed by atoms with Gasteiger partial charge in [-0.05, 0) is 24.1 Å². The Morgan fingerprint density at radius 2 is 2.00 bits per heavy atom. The van der Waals surface area contributed by atoms with Gasteiger partial charge in [0.15, 0.2) is 0 Å². The second-order valence-electron chi connectivity index (χ2n) is 4.09. The van der Waals surface area contributed by atoms with Gasteiger partial charge in [-0.15, -0.1) is 0 Å². The van der Waals surface area contributed by atoms with E-state index in [0.717, 1.165) is 11.3 Å². The molecule has 6 nitrogen and oxygen atoms in total. The van der Waals surface area contributed by atoms with Crippen molar-refractivity contribution in [3.8, 4) is 5.75 Å². The predicted molar refractivity (Wildman–Crippen MR) is 69.9 cm³/mol. The highest BCUT2D eigenvalue weighted by atomic mass is 16.5. The van der Waals surface area contributed by atoms with Crippen LogP contribution < -0.4 is 15.8 Å². The van der Waals surface area contributed by atoms with Gasteiger partial charge in [0.1, 0.15) is 5.75 Å². The summed E-state index contributed by atoms with van der Waals surface area (Å²) < 4.78 is 5.04. The van der Waals surface area contributed by atoms with Gasteiger partial charge in [0.25, 0.3) is 0 Å². The average Bonchev–Trinajstić information content (AvgIpc) is 2.38. The van der Waals surface area contributed by atoms with Crippen molar-refractivity contribution >= 4 is 11.9 Å². The minimum Gasteiger partial charge on any atom is -0.497 e. The number of hydrogen-bond acceptors (Lipinski definition) is 4. The van der Waals surface area contributed by atoms with Gasteiger partial charge in [0, 0.05) is 6.54 Å². The molecular formula is C13H18N2O4. The summed E-state index contributed by atoms with van der Waals surface area (Å²) in [6.07, 6.45) is 0.282. The molecule has 1 rings (SSSR count). The molecule has 4 N–H and O–H groups in total. The average molecular weight is 266 g/mol. The highest BCUT2D eigenvalue weighted by Crippen LogP contribution is 2.11. The van der Waals surface area contributed by atoms with E-state index in [2.05, 4.69) is 5.32 Å². The van der Waals surface area contributed by atoms with E-state index >= 15 is 0 Å². The van der Waals surface area contributed by atoms with Crippen LogP contribution in [0.2, 0.25) is 0 Å². The summed E-state index contributed by atoms with van der Waals surface area (Å²) in [6, 6.07) is 6.48. The monoisotopic (exact) mass is 266 g/mol. The molecule has 1 atom stereocenters. The van der Waals surface area contributed by atoms with Gasteiger partial charge in [0.2, 0.25) is 5.91 Å². The van der Waals surface area contributed by atoms with E-state index in [4.69, 9.17) is 15.6 Å². The second kappa shape index (κ2) is 7.38. The molecule has 1 aromatic rings. The van der Waals surface area contributed by atoms with Crippen LogP contribution in [0.15, 0.2) is 24.3 Å². The van der Waals surface area contributed by atoms with Crippen molar-refractivity contribution in [3.63, 3.8) is 0 Å². The Morgan fingerprint density at radius 1 is 1.37 bits per heavy atom. The number of hydrogen-bond donors (Lipinski definition) is 3. The van der Waals surface area contributed by atoms with Gasteiger partial charge in [-0.2, -0.15) is 0 Å². The molecule has 0 radical (unpaired) electrons. The van der Waals surface area contributed by atoms with E-state index in [1.54, 1.807) is 7.11 Å². The number of nitrogens with one attached hydrogen (secondary N) is 1. The van der Waals surface area contributed by atoms with Crippen LogP contribution in [0.3, 0.4) is 0 Å². The molecule has 0 heterocycles. The lowest BCUT2D eigenvalue weighted by atomic mass is 10.1. The van der Waals surface area contributed by atoms with Crippen LogP contribution in [0.5, 0.6) is 5.75 Å². The Kier molecular flexibility index (Phi) is 5.81. The summed E-state index contributed by atoms with van der Waals surface area (Å²) in [5.41, 5.74) is 6.48. The normalized spacial score (nSPS) is 11.7. The molecule has 0 aliphatic carbocycles. The number of carbonyl (C=O) groups is 2. The van der Waals surface area contributed by atoms with Crippen molar-refractivity contribution in [3.05, 3.63) is 29.8 Å². The molecule has 0 aliphatic rings. The maximum absolute atomic E-state index is 11.4. The Labute approximate surface area is 111 Å². The van der Waals surface area contributed by atoms with E-state index < -0.39 is 17.9 Å². The lowest BCUT2D eigenvalue weighted by Crippen LogP contribution is -2.42. The number of carboxylic acid groups (broad SMARTS) is 1. The van der Waals surface area contributed by atoms with Crippen molar-refractivity contribution in [2.45, 2.75) is 18.9 Å². The number of nitrogens with two attached hydrogens (primary N) is 1. The minimum absolute atomic E-state index is 0.367. The quantitative estimate of drug-likeness (QED) is 0.652. The Morgan fingerprint density at radius 3 is 2.53 bits per heavy atom. The highest BCUT2D eigenvalue weighted by molar-refractivity contribution is 5.85. The Bertz CT molecular complexity index is 431. The Hall–Kier alpha value is -2.08. The number of carboxylic acids is 1. The van der Waals surface area contributed by atoms with Crippen LogP contribution in [0, 0.1) is 0 Å². The zero-order valence-corrected chi connectivity index (χ0v) is 10.8. The van der Waals surface area contributed by atoms with Crippen LogP contribution in [0.4, 0.5) is 0 Å². The lowest BCUT2D eigenvalue weighted by Gasteiger charge is -2.10. The molecule has 6 heteroatoms. The van der Waals surface area contributed by atoms with Crippen LogP contribution in [-0.4, -0.2) is 36.7 Å². The molecule has 104 valence electrons. The van der Waals surface area contributed by atoms with Gasteiger partial charge in [-0.3, -0.25) is 9.59 Å². The first kappa shape index (κ1) is 15.0. The van der Waals surface area contributed by atoms with E-state index in [9.17, 15) is 9.59 Å². The van der Waals surface area contributed by atoms with E-state index in [0.29, 0.717) is 13.0 Å². The fourth-order valence-electron chi connectivity index (χ4n) is 1.53. The smallest absolute Gasteiger partial charge is 0.305 e. The number of aliphatic carboxylic acids is 1. The number of benzene rings is 1. The standard InChI is InChI=1S/C13H18N2O4/c1-19-10-4-2-9(3-5-10)6-7-15-13(18)11(14)8-12(16)17/h2-5,11H,6-8,14H2,1H3,(H,15,18)(H,16,17). The summed E-state index contributed by atoms with van der Waals surface area (Å²) in [4.78, 5) is 21.8. The summed E-state index contributed by atoms with van der Waals surface area (Å²) in [7, 11) is 1.60. The van der Waals surface area contributed by atoms with E-state index in [1.165, 1.54) is 0 Å². The van der Waals surface area contributed by atoms with Crippen molar-refractivity contribution in [2.75, 3.05) is 13.7 Å². The predicted octanol–water partition coefficient (Wildman–Crippen LogP) is 0.156. The van der Waals surface area contributed by atoms with Crippen molar-refractivity contribution in [1.29, 1.82) is 0 Å². The maximum atomic E-state index is 11.4. The molecular weight excluding hydrogens is 248 g/mol. The van der Waals surface area contributed by atoms with Crippen LogP contribution in [0.25, 0.3) is 0 Å². The van der Waals surface area contributed by atoms with Gasteiger partial charge >= 0.3 is 5.97 Å². The third-order valence-corrected chi connectivity index (χ3v) is 2.60. The van der Waals surface area contributed by atoms with Crippen molar-refractivity contribution in [2.24, 2.45) is 5.73 Å². The van der Waals surface area contributed by atoms with Crippen LogP contribution >= 0.6 is 0 Å². The SMILES string of the molecule is COc1ccc(CCNC(=O)C(N)CC(=O)O)cc1. The molecule has 0 fully saturated rings. The molecule has 0 aliphatic heterocycles. The summed E-state index contributed by atoms with van der Waals surface area (Å²) >= 11 is 0. The first-order chi connectivity index (χ1) is 9.02. The first-order valence-corrected chi connectivity index (χ1v) is 5.91. The molecule has 19 heavy (non-hydrogen) atoms. The molecule has 1 unspecified atom stereocenters. The number of ether oxygens (including phenoxy) is 1. The third-order valence-electron chi connectivity index (χ3n) is 2.60. The molecule has 1 aromatic carbocycles. The van der Waals surface area contributed by atoms with Crippen molar-refractivity contribution in [1.82, 2.24) is 5.32 Å². The van der Waals surface area contributed by atoms with Crippen LogP contribution in [-0.2, 0) is 16.0 Å². The second-order valence-corrected chi connectivity index (χ2v) is 4.09. The zero-order valence-electron chi connectivity index (χ0n) is 10.8. The minimum atomic E-state index is -1.09. The first-order valence-electron chi connectivity index (χ1n) is 5.91. The van der Waals surface area contributed by atoms with Gasteiger partial charge in [0.05, 0.1) is 19.6 Å². The third kappa shape index (κ3) is 5.39. The summed E-state index contributed by atoms with van der Waals surface area (Å²) in [5, 5.41) is 11.1. The largest absolute Gasteiger partial charge is 0.497 e. The topological polar surface area (TPSA) is 102 Å².